The van der Waals surface area contributed by atoms with Crippen molar-refractivity contribution in [2.75, 3.05) is 24.7 Å². The second kappa shape index (κ2) is 8.52. The van der Waals surface area contributed by atoms with E-state index in [1.165, 1.54) is 25.2 Å². The van der Waals surface area contributed by atoms with E-state index in [1.54, 1.807) is 6.20 Å². The van der Waals surface area contributed by atoms with E-state index in [4.69, 9.17) is 4.74 Å². The predicted octanol–water partition coefficient (Wildman–Crippen LogP) is 2.13. The van der Waals surface area contributed by atoms with Gasteiger partial charge in [0, 0.05) is 12.7 Å². The fraction of sp³-hybridized carbons (Fsp3) is 0.143. The zero-order valence-electron chi connectivity index (χ0n) is 16.3. The Morgan fingerprint density at radius 1 is 1.06 bits per heavy atom. The molecule has 2 aromatic carbocycles. The molecule has 2 heterocycles. The number of fused-ring (bicyclic) bond motifs is 2. The molecule has 0 bridgehead atoms. The lowest BCUT2D eigenvalue weighted by molar-refractivity contribution is -0.144. The zero-order chi connectivity index (χ0) is 22.0. The summed E-state index contributed by atoms with van der Waals surface area (Å²) in [7, 11) is 1.39. The Bertz CT molecular complexity index is 1230. The van der Waals surface area contributed by atoms with Crippen LogP contribution in [0.4, 0.5) is 5.69 Å². The van der Waals surface area contributed by atoms with Crippen molar-refractivity contribution in [2.24, 2.45) is 0 Å². The summed E-state index contributed by atoms with van der Waals surface area (Å²) in [5, 5.41) is 3.12. The molecule has 31 heavy (non-hydrogen) atoms. The summed E-state index contributed by atoms with van der Waals surface area (Å²) in [4.78, 5) is 57.6. The number of anilines is 1. The van der Waals surface area contributed by atoms with E-state index < -0.39 is 24.4 Å². The number of thioether (sulfide) groups is 1. The smallest absolute Gasteiger partial charge is 0.316 e. The van der Waals surface area contributed by atoms with Crippen molar-refractivity contribution in [1.29, 1.82) is 0 Å². The molecular weight excluding hydrogens is 420 g/mol. The highest BCUT2D eigenvalue weighted by Gasteiger charge is 2.32. The number of nitrogens with one attached hydrogen (secondary N) is 1. The first kappa shape index (κ1) is 20.5. The van der Waals surface area contributed by atoms with E-state index in [0.717, 1.165) is 27.7 Å². The van der Waals surface area contributed by atoms with E-state index in [2.05, 4.69) is 15.3 Å². The number of rotatable bonds is 6. The molecular formula is C21H16N4O5S. The second-order valence-corrected chi connectivity index (χ2v) is 7.62. The molecule has 1 aliphatic rings. The maximum absolute atomic E-state index is 12.1. The van der Waals surface area contributed by atoms with Crippen LogP contribution in [0.5, 0.6) is 0 Å². The van der Waals surface area contributed by atoms with Gasteiger partial charge in [-0.3, -0.25) is 29.1 Å². The van der Waals surface area contributed by atoms with Crippen LogP contribution in [0.25, 0.3) is 11.0 Å². The summed E-state index contributed by atoms with van der Waals surface area (Å²) < 4.78 is 4.98. The average Bonchev–Trinajstić information content (AvgIpc) is 2.99. The molecule has 10 heteroatoms. The highest BCUT2D eigenvalue weighted by molar-refractivity contribution is 7.99. The summed E-state index contributed by atoms with van der Waals surface area (Å²) in [6.45, 7) is -0.480. The lowest BCUT2D eigenvalue weighted by Gasteiger charge is -2.07. The number of benzene rings is 2. The van der Waals surface area contributed by atoms with Gasteiger partial charge in [0.25, 0.3) is 17.7 Å². The fourth-order valence-corrected chi connectivity index (χ4v) is 3.61. The minimum Gasteiger partial charge on any atom is -0.455 e. The third-order valence-electron chi connectivity index (χ3n) is 4.50. The maximum atomic E-state index is 12.1. The average molecular weight is 436 g/mol. The van der Waals surface area contributed by atoms with E-state index >= 15 is 0 Å². The van der Waals surface area contributed by atoms with Crippen LogP contribution in [0.3, 0.4) is 0 Å². The predicted molar refractivity (Wildman–Crippen MR) is 113 cm³/mol. The van der Waals surface area contributed by atoms with Gasteiger partial charge in [0.1, 0.15) is 5.03 Å². The number of para-hydroxylation sites is 2. The molecule has 0 spiro atoms. The molecule has 1 aliphatic heterocycles. The molecule has 0 fully saturated rings. The van der Waals surface area contributed by atoms with Crippen molar-refractivity contribution in [3.8, 4) is 0 Å². The van der Waals surface area contributed by atoms with E-state index in [9.17, 15) is 19.2 Å². The topological polar surface area (TPSA) is 119 Å². The molecule has 0 saturated carbocycles. The van der Waals surface area contributed by atoms with Crippen LogP contribution in [-0.2, 0) is 14.3 Å². The Kier molecular flexibility index (Phi) is 5.63. The molecule has 3 aromatic rings. The number of aromatic nitrogens is 2. The highest BCUT2D eigenvalue weighted by atomic mass is 32.2. The van der Waals surface area contributed by atoms with E-state index in [0.29, 0.717) is 10.7 Å². The summed E-state index contributed by atoms with van der Waals surface area (Å²) in [5.41, 5.74) is 2.31. The number of hydrogen-bond acceptors (Lipinski definition) is 8. The summed E-state index contributed by atoms with van der Waals surface area (Å²) >= 11 is 1.16. The van der Waals surface area contributed by atoms with Gasteiger partial charge in [-0.25, -0.2) is 4.98 Å². The second-order valence-electron chi connectivity index (χ2n) is 6.62. The van der Waals surface area contributed by atoms with Gasteiger partial charge in [0.15, 0.2) is 6.61 Å². The Hall–Kier alpha value is -3.79. The molecule has 3 amide bonds. The van der Waals surface area contributed by atoms with E-state index in [-0.39, 0.29) is 22.8 Å². The quantitative estimate of drug-likeness (QED) is 0.355. The molecule has 0 atom stereocenters. The minimum absolute atomic E-state index is 0.0257. The molecule has 0 unspecified atom stereocenters. The molecule has 0 saturated heterocycles. The van der Waals surface area contributed by atoms with Crippen LogP contribution in [-0.4, -0.2) is 58.0 Å². The minimum atomic E-state index is -0.577. The maximum Gasteiger partial charge on any atom is 0.316 e. The van der Waals surface area contributed by atoms with Crippen molar-refractivity contribution >= 4 is 52.2 Å². The van der Waals surface area contributed by atoms with Crippen molar-refractivity contribution < 1.29 is 23.9 Å². The lowest BCUT2D eigenvalue weighted by atomic mass is 10.1. The first-order valence-corrected chi connectivity index (χ1v) is 10.2. The van der Waals surface area contributed by atoms with Crippen LogP contribution in [0.2, 0.25) is 0 Å². The van der Waals surface area contributed by atoms with Gasteiger partial charge in [-0.15, -0.1) is 0 Å². The molecule has 1 aromatic heterocycles. The molecule has 156 valence electrons. The number of carbonyl (C=O) groups is 4. The Labute approximate surface area is 180 Å². The zero-order valence-corrected chi connectivity index (χ0v) is 17.1. The van der Waals surface area contributed by atoms with Gasteiger partial charge >= 0.3 is 5.97 Å². The summed E-state index contributed by atoms with van der Waals surface area (Å²) in [6, 6.07) is 11.8. The molecule has 0 aliphatic carbocycles. The van der Waals surface area contributed by atoms with Crippen LogP contribution in [0, 0.1) is 0 Å². The molecule has 1 N–H and O–H groups in total. The summed E-state index contributed by atoms with van der Waals surface area (Å²) in [6.07, 6.45) is 1.57. The van der Waals surface area contributed by atoms with E-state index in [1.807, 2.05) is 24.3 Å². The highest BCUT2D eigenvalue weighted by Crippen LogP contribution is 2.24. The first-order chi connectivity index (χ1) is 14.9. The van der Waals surface area contributed by atoms with Gasteiger partial charge in [0.2, 0.25) is 0 Å². The lowest BCUT2D eigenvalue weighted by Crippen LogP contribution is -2.24. The summed E-state index contributed by atoms with van der Waals surface area (Å²) in [5.74, 6) is -1.99. The standard InChI is InChI=1S/C21H16N4O5S/c1-25-20(28)13-7-6-12(8-14(13)21(25)29)23-17(26)10-30-19(27)11-31-18-9-22-15-4-2-3-5-16(15)24-18/h2-9H,10-11H2,1H3,(H,23,26). The van der Waals surface area contributed by atoms with Crippen LogP contribution in [0.1, 0.15) is 20.7 Å². The number of esters is 1. The number of imide groups is 1. The van der Waals surface area contributed by atoms with Crippen LogP contribution < -0.4 is 5.32 Å². The number of hydrogen-bond donors (Lipinski definition) is 1. The van der Waals surface area contributed by atoms with Crippen molar-refractivity contribution in [1.82, 2.24) is 14.9 Å². The van der Waals surface area contributed by atoms with Gasteiger partial charge < -0.3 is 10.1 Å². The molecule has 9 nitrogen and oxygen atoms in total. The number of amides is 3. The Morgan fingerprint density at radius 3 is 2.61 bits per heavy atom. The monoisotopic (exact) mass is 436 g/mol. The molecule has 0 radical (unpaired) electrons. The fourth-order valence-electron chi connectivity index (χ4n) is 2.97. The third-order valence-corrected chi connectivity index (χ3v) is 5.37. The number of carbonyl (C=O) groups excluding carboxylic acids is 4. The third kappa shape index (κ3) is 4.38. The largest absolute Gasteiger partial charge is 0.455 e. The van der Waals surface area contributed by atoms with Gasteiger partial charge in [-0.2, -0.15) is 0 Å². The van der Waals surface area contributed by atoms with Crippen molar-refractivity contribution in [2.45, 2.75) is 5.03 Å². The number of nitrogens with zero attached hydrogens (tertiary/aromatic N) is 3. The first-order valence-electron chi connectivity index (χ1n) is 9.19. The normalized spacial score (nSPS) is 12.7. The van der Waals surface area contributed by atoms with Gasteiger partial charge in [-0.1, -0.05) is 23.9 Å². The SMILES string of the molecule is CN1C(=O)c2ccc(NC(=O)COC(=O)CSc3cnc4ccccc4n3)cc2C1=O. The Morgan fingerprint density at radius 2 is 1.81 bits per heavy atom. The van der Waals surface area contributed by atoms with Crippen LogP contribution >= 0.6 is 11.8 Å². The van der Waals surface area contributed by atoms with Crippen LogP contribution in [0.15, 0.2) is 53.7 Å². The molecule has 4 rings (SSSR count). The number of ether oxygens (including phenoxy) is 1. The van der Waals surface area contributed by atoms with Crippen molar-refractivity contribution in [3.63, 3.8) is 0 Å². The Balaban J connectivity index is 1.27. The van der Waals surface area contributed by atoms with Gasteiger partial charge in [0.05, 0.1) is 34.1 Å². The van der Waals surface area contributed by atoms with Gasteiger partial charge in [-0.05, 0) is 30.3 Å². The van der Waals surface area contributed by atoms with Crippen molar-refractivity contribution in [3.05, 3.63) is 59.8 Å².